The van der Waals surface area contributed by atoms with Gasteiger partial charge in [0.15, 0.2) is 0 Å². The van der Waals surface area contributed by atoms with Crippen LogP contribution in [0.5, 0.6) is 0 Å². The Morgan fingerprint density at radius 3 is 2.76 bits per heavy atom. The second-order valence-corrected chi connectivity index (χ2v) is 7.35. The van der Waals surface area contributed by atoms with E-state index in [1.165, 1.54) is 0 Å². The van der Waals surface area contributed by atoms with Gasteiger partial charge in [-0.1, -0.05) is 0 Å². The maximum absolute atomic E-state index is 12.1. The van der Waals surface area contributed by atoms with Crippen molar-refractivity contribution < 1.29 is 14.7 Å². The molecule has 136 valence electrons. The van der Waals surface area contributed by atoms with Crippen LogP contribution in [-0.4, -0.2) is 59.1 Å². The van der Waals surface area contributed by atoms with Gasteiger partial charge >= 0.3 is 0 Å². The first-order chi connectivity index (χ1) is 11.9. The third-order valence-corrected chi connectivity index (χ3v) is 5.41. The molecule has 25 heavy (non-hydrogen) atoms. The summed E-state index contributed by atoms with van der Waals surface area (Å²) in [5.41, 5.74) is 6.01. The highest BCUT2D eigenvalue weighted by molar-refractivity contribution is 5.97. The zero-order valence-electron chi connectivity index (χ0n) is 14.6. The molecule has 3 heterocycles. The third kappa shape index (κ3) is 3.76. The third-order valence-electron chi connectivity index (χ3n) is 5.41. The van der Waals surface area contributed by atoms with Crippen LogP contribution in [0.4, 0.5) is 5.82 Å². The molecule has 0 saturated carbocycles. The van der Waals surface area contributed by atoms with E-state index in [4.69, 9.17) is 5.73 Å². The number of aromatic nitrogens is 1. The molecule has 2 amide bonds. The number of aliphatic hydroxyl groups excluding tert-OH is 1. The van der Waals surface area contributed by atoms with Crippen molar-refractivity contribution in [2.75, 3.05) is 31.1 Å². The summed E-state index contributed by atoms with van der Waals surface area (Å²) >= 11 is 0. The number of hydrogen-bond donors (Lipinski definition) is 2. The van der Waals surface area contributed by atoms with Crippen molar-refractivity contribution in [1.29, 1.82) is 0 Å². The Kier molecular flexibility index (Phi) is 4.94. The fourth-order valence-corrected chi connectivity index (χ4v) is 4.03. The van der Waals surface area contributed by atoms with Crippen molar-refractivity contribution in [2.24, 2.45) is 11.1 Å². The number of amides is 2. The van der Waals surface area contributed by atoms with Crippen molar-refractivity contribution >= 4 is 17.6 Å². The molecule has 1 atom stereocenters. The highest BCUT2D eigenvalue weighted by atomic mass is 16.3. The Morgan fingerprint density at radius 1 is 1.40 bits per heavy atom. The summed E-state index contributed by atoms with van der Waals surface area (Å²) in [6.07, 6.45) is 4.47. The van der Waals surface area contributed by atoms with E-state index in [-0.39, 0.29) is 11.3 Å². The number of nitrogens with two attached hydrogens (primary N) is 1. The number of primary amides is 1. The molecule has 1 aromatic heterocycles. The maximum Gasteiger partial charge on any atom is 0.252 e. The summed E-state index contributed by atoms with van der Waals surface area (Å²) in [4.78, 5) is 32.0. The molecule has 0 aromatic carbocycles. The predicted octanol–water partition coefficient (Wildman–Crippen LogP) is 0.770. The van der Waals surface area contributed by atoms with Crippen LogP contribution in [0, 0.1) is 5.41 Å². The molecule has 2 aliphatic rings. The van der Waals surface area contributed by atoms with E-state index in [1.54, 1.807) is 30.2 Å². The van der Waals surface area contributed by atoms with E-state index < -0.39 is 12.0 Å². The van der Waals surface area contributed by atoms with E-state index in [0.717, 1.165) is 32.4 Å². The Labute approximate surface area is 147 Å². The van der Waals surface area contributed by atoms with Crippen LogP contribution in [0.1, 0.15) is 43.0 Å². The average Bonchev–Trinajstić information content (AvgIpc) is 2.59. The number of hydrogen-bond acceptors (Lipinski definition) is 5. The van der Waals surface area contributed by atoms with Gasteiger partial charge < -0.3 is 20.6 Å². The Hall–Kier alpha value is -2.15. The molecule has 2 fully saturated rings. The van der Waals surface area contributed by atoms with Gasteiger partial charge in [0.25, 0.3) is 5.91 Å². The summed E-state index contributed by atoms with van der Waals surface area (Å²) in [7, 11) is 0. The van der Waals surface area contributed by atoms with Crippen LogP contribution in [0.2, 0.25) is 0 Å². The standard InChI is InChI=1S/C18H26N4O3/c1-13(23)11-22-12-18(5-4-15(22)24)6-9-21(10-7-18)17-14(16(19)25)3-2-8-20-17/h2-3,8,13,23H,4-7,9-12H2,1H3,(H2,19,25)/t13-/m0/s1. The zero-order valence-corrected chi connectivity index (χ0v) is 14.6. The van der Waals surface area contributed by atoms with Gasteiger partial charge in [0.05, 0.1) is 11.7 Å². The van der Waals surface area contributed by atoms with Gasteiger partial charge in [-0.15, -0.1) is 0 Å². The van der Waals surface area contributed by atoms with Crippen LogP contribution in [0.25, 0.3) is 0 Å². The second-order valence-electron chi connectivity index (χ2n) is 7.35. The number of carbonyl (C=O) groups excluding carboxylic acids is 2. The molecular weight excluding hydrogens is 320 g/mol. The van der Waals surface area contributed by atoms with Crippen molar-refractivity contribution in [3.05, 3.63) is 23.9 Å². The zero-order chi connectivity index (χ0) is 18.0. The second kappa shape index (κ2) is 7.00. The van der Waals surface area contributed by atoms with Gasteiger partial charge in [-0.25, -0.2) is 4.98 Å². The fraction of sp³-hybridized carbons (Fsp3) is 0.611. The number of anilines is 1. The summed E-state index contributed by atoms with van der Waals surface area (Å²) < 4.78 is 0. The van der Waals surface area contributed by atoms with Crippen LogP contribution in [0.15, 0.2) is 18.3 Å². The Bertz CT molecular complexity index is 653. The van der Waals surface area contributed by atoms with Gasteiger partial charge in [0.1, 0.15) is 5.82 Å². The fourth-order valence-electron chi connectivity index (χ4n) is 4.03. The highest BCUT2D eigenvalue weighted by Crippen LogP contribution is 2.41. The van der Waals surface area contributed by atoms with Crippen LogP contribution in [0.3, 0.4) is 0 Å². The number of aliphatic hydroxyl groups is 1. The highest BCUT2D eigenvalue weighted by Gasteiger charge is 2.41. The Morgan fingerprint density at radius 2 is 2.12 bits per heavy atom. The predicted molar refractivity (Wildman–Crippen MR) is 94.1 cm³/mol. The number of rotatable bonds is 4. The smallest absolute Gasteiger partial charge is 0.252 e. The first-order valence-electron chi connectivity index (χ1n) is 8.86. The van der Waals surface area contributed by atoms with Crippen LogP contribution in [-0.2, 0) is 4.79 Å². The van der Waals surface area contributed by atoms with E-state index in [1.807, 2.05) is 0 Å². The normalized spacial score (nSPS) is 21.4. The van der Waals surface area contributed by atoms with Gasteiger partial charge in [-0.3, -0.25) is 9.59 Å². The lowest BCUT2D eigenvalue weighted by Crippen LogP contribution is -2.53. The summed E-state index contributed by atoms with van der Waals surface area (Å²) in [5.74, 6) is 0.321. The molecule has 0 radical (unpaired) electrons. The molecule has 2 aliphatic heterocycles. The first-order valence-corrected chi connectivity index (χ1v) is 8.86. The van der Waals surface area contributed by atoms with E-state index in [9.17, 15) is 14.7 Å². The van der Waals surface area contributed by atoms with Crippen molar-refractivity contribution in [2.45, 2.75) is 38.7 Å². The summed E-state index contributed by atoms with van der Waals surface area (Å²) in [6.45, 7) is 4.39. The minimum absolute atomic E-state index is 0.0982. The number of pyridine rings is 1. The van der Waals surface area contributed by atoms with Crippen LogP contribution < -0.4 is 10.6 Å². The minimum Gasteiger partial charge on any atom is -0.392 e. The lowest BCUT2D eigenvalue weighted by molar-refractivity contribution is -0.139. The molecule has 1 spiro atoms. The number of nitrogens with zero attached hydrogens (tertiary/aromatic N) is 3. The number of β-amino-alcohol motifs (C(OH)–C–C–N with tert-alkyl or cyclic N) is 1. The van der Waals surface area contributed by atoms with E-state index in [0.29, 0.717) is 30.9 Å². The molecule has 0 unspecified atom stereocenters. The molecular formula is C18H26N4O3. The Balaban J connectivity index is 1.69. The summed E-state index contributed by atoms with van der Waals surface area (Å²) in [5, 5.41) is 9.63. The molecule has 7 nitrogen and oxygen atoms in total. The molecule has 7 heteroatoms. The lowest BCUT2D eigenvalue weighted by Gasteiger charge is -2.48. The molecule has 2 saturated heterocycles. The molecule has 0 bridgehead atoms. The quantitative estimate of drug-likeness (QED) is 0.839. The van der Waals surface area contributed by atoms with E-state index in [2.05, 4.69) is 9.88 Å². The van der Waals surface area contributed by atoms with Crippen molar-refractivity contribution in [3.8, 4) is 0 Å². The summed E-state index contributed by atoms with van der Waals surface area (Å²) in [6, 6.07) is 3.43. The molecule has 3 rings (SSSR count). The molecule has 3 N–H and O–H groups in total. The number of piperidine rings is 2. The topological polar surface area (TPSA) is 99.8 Å². The lowest BCUT2D eigenvalue weighted by atomic mass is 9.72. The van der Waals surface area contributed by atoms with Gasteiger partial charge in [0.2, 0.25) is 5.91 Å². The van der Waals surface area contributed by atoms with E-state index >= 15 is 0 Å². The van der Waals surface area contributed by atoms with Gasteiger partial charge in [-0.05, 0) is 43.7 Å². The van der Waals surface area contributed by atoms with Crippen molar-refractivity contribution in [1.82, 2.24) is 9.88 Å². The maximum atomic E-state index is 12.1. The minimum atomic E-state index is -0.508. The monoisotopic (exact) mass is 346 g/mol. The van der Waals surface area contributed by atoms with Crippen LogP contribution >= 0.6 is 0 Å². The SMILES string of the molecule is C[C@H](O)CN1CC2(CCC1=O)CCN(c1ncccc1C(N)=O)CC2. The number of likely N-dealkylation sites (tertiary alicyclic amines) is 1. The van der Waals surface area contributed by atoms with Crippen molar-refractivity contribution in [3.63, 3.8) is 0 Å². The number of carbonyl (C=O) groups is 2. The largest absolute Gasteiger partial charge is 0.392 e. The average molecular weight is 346 g/mol. The molecule has 1 aromatic rings. The molecule has 0 aliphatic carbocycles. The van der Waals surface area contributed by atoms with Gasteiger partial charge in [-0.2, -0.15) is 0 Å². The van der Waals surface area contributed by atoms with Gasteiger partial charge in [0, 0.05) is 38.8 Å². The first kappa shape index (κ1) is 17.7.